The van der Waals surface area contributed by atoms with E-state index in [9.17, 15) is 4.79 Å². The molecule has 1 aliphatic heterocycles. The van der Waals surface area contributed by atoms with Gasteiger partial charge in [-0.15, -0.1) is 0 Å². The molecule has 2 aliphatic rings. The highest BCUT2D eigenvalue weighted by molar-refractivity contribution is 6.30. The van der Waals surface area contributed by atoms with E-state index in [1.165, 1.54) is 5.56 Å². The van der Waals surface area contributed by atoms with Crippen molar-refractivity contribution in [3.8, 4) is 0 Å². The van der Waals surface area contributed by atoms with E-state index in [0.29, 0.717) is 19.1 Å². The highest BCUT2D eigenvalue weighted by Crippen LogP contribution is 2.49. The molecule has 0 bridgehead atoms. The van der Waals surface area contributed by atoms with Crippen LogP contribution >= 0.6 is 11.6 Å². The van der Waals surface area contributed by atoms with Crippen LogP contribution in [0.15, 0.2) is 24.3 Å². The maximum atomic E-state index is 12.8. The van der Waals surface area contributed by atoms with Crippen LogP contribution in [0.1, 0.15) is 38.7 Å². The SMILES string of the molecule is CC1N(C(=O)[C@@H]2C[C@H]2c2cccc(Cl)c2)CCOC1(C)C. The van der Waals surface area contributed by atoms with E-state index in [1.807, 2.05) is 23.1 Å². The number of carbonyl (C=O) groups excluding carboxylic acids is 1. The monoisotopic (exact) mass is 307 g/mol. The predicted octanol–water partition coefficient (Wildman–Crippen LogP) is 3.47. The van der Waals surface area contributed by atoms with Gasteiger partial charge in [0.25, 0.3) is 0 Å². The lowest BCUT2D eigenvalue weighted by molar-refractivity contribution is -0.159. The van der Waals surface area contributed by atoms with Gasteiger partial charge in [0, 0.05) is 17.5 Å². The molecule has 3 nitrogen and oxygen atoms in total. The fourth-order valence-corrected chi connectivity index (χ4v) is 3.38. The Kier molecular flexibility index (Phi) is 3.74. The van der Waals surface area contributed by atoms with Crippen LogP contribution < -0.4 is 0 Å². The highest BCUT2D eigenvalue weighted by Gasteiger charge is 2.49. The third-order valence-corrected chi connectivity index (χ3v) is 5.18. The molecule has 114 valence electrons. The van der Waals surface area contributed by atoms with E-state index < -0.39 is 0 Å². The summed E-state index contributed by atoms with van der Waals surface area (Å²) in [4.78, 5) is 14.8. The first-order chi connectivity index (χ1) is 9.90. The molecule has 21 heavy (non-hydrogen) atoms. The average molecular weight is 308 g/mol. The van der Waals surface area contributed by atoms with Crippen molar-refractivity contribution in [1.29, 1.82) is 0 Å². The Labute approximate surface area is 131 Å². The van der Waals surface area contributed by atoms with Crippen LogP contribution in [0.3, 0.4) is 0 Å². The Morgan fingerprint density at radius 1 is 1.43 bits per heavy atom. The van der Waals surface area contributed by atoms with E-state index in [1.54, 1.807) is 0 Å². The van der Waals surface area contributed by atoms with Gasteiger partial charge in [-0.05, 0) is 50.8 Å². The molecule has 4 heteroatoms. The number of morpholine rings is 1. The van der Waals surface area contributed by atoms with Crippen LogP contribution in [0.2, 0.25) is 5.02 Å². The molecule has 1 saturated carbocycles. The quantitative estimate of drug-likeness (QED) is 0.837. The van der Waals surface area contributed by atoms with Crippen molar-refractivity contribution in [2.75, 3.05) is 13.2 Å². The lowest BCUT2D eigenvalue weighted by atomic mass is 9.96. The zero-order valence-electron chi connectivity index (χ0n) is 12.8. The van der Waals surface area contributed by atoms with E-state index in [2.05, 4.69) is 26.8 Å². The average Bonchev–Trinajstić information content (AvgIpc) is 3.21. The highest BCUT2D eigenvalue weighted by atomic mass is 35.5. The van der Waals surface area contributed by atoms with Crippen molar-refractivity contribution in [2.45, 2.75) is 44.8 Å². The molecule has 2 fully saturated rings. The van der Waals surface area contributed by atoms with Crippen molar-refractivity contribution in [3.63, 3.8) is 0 Å². The Balaban J connectivity index is 1.70. The normalized spacial score (nSPS) is 31.0. The molecular formula is C17H22ClNO2. The van der Waals surface area contributed by atoms with E-state index in [-0.39, 0.29) is 23.5 Å². The number of carbonyl (C=O) groups is 1. The number of ether oxygens (including phenoxy) is 1. The number of amides is 1. The Morgan fingerprint density at radius 2 is 2.19 bits per heavy atom. The largest absolute Gasteiger partial charge is 0.372 e. The summed E-state index contributed by atoms with van der Waals surface area (Å²) in [7, 11) is 0. The fraction of sp³-hybridized carbons (Fsp3) is 0.588. The first-order valence-electron chi connectivity index (χ1n) is 7.60. The molecule has 1 aromatic carbocycles. The molecular weight excluding hydrogens is 286 g/mol. The number of nitrogens with zero attached hydrogens (tertiary/aromatic N) is 1. The molecule has 1 amide bonds. The van der Waals surface area contributed by atoms with Crippen molar-refractivity contribution < 1.29 is 9.53 Å². The minimum absolute atomic E-state index is 0.111. The smallest absolute Gasteiger partial charge is 0.226 e. The van der Waals surface area contributed by atoms with Gasteiger partial charge >= 0.3 is 0 Å². The molecule has 3 atom stereocenters. The van der Waals surface area contributed by atoms with Gasteiger partial charge < -0.3 is 9.64 Å². The minimum atomic E-state index is -0.269. The van der Waals surface area contributed by atoms with E-state index >= 15 is 0 Å². The van der Waals surface area contributed by atoms with Crippen LogP contribution in [-0.2, 0) is 9.53 Å². The Hall–Kier alpha value is -1.06. The number of halogens is 1. The molecule has 1 aromatic rings. The van der Waals surface area contributed by atoms with Gasteiger partial charge in [-0.3, -0.25) is 4.79 Å². The third kappa shape index (κ3) is 2.82. The number of hydrogen-bond donors (Lipinski definition) is 0. The van der Waals surface area contributed by atoms with Crippen LogP contribution in [0.25, 0.3) is 0 Å². The number of rotatable bonds is 2. The topological polar surface area (TPSA) is 29.5 Å². The van der Waals surface area contributed by atoms with Crippen LogP contribution in [0, 0.1) is 5.92 Å². The second-order valence-corrected chi connectivity index (χ2v) is 7.10. The minimum Gasteiger partial charge on any atom is -0.372 e. The van der Waals surface area contributed by atoms with E-state index in [4.69, 9.17) is 16.3 Å². The fourth-order valence-electron chi connectivity index (χ4n) is 3.18. The summed E-state index contributed by atoms with van der Waals surface area (Å²) >= 11 is 6.04. The second kappa shape index (κ2) is 5.29. The predicted molar refractivity (Wildman–Crippen MR) is 83.5 cm³/mol. The van der Waals surface area contributed by atoms with Gasteiger partial charge in [0.1, 0.15) is 0 Å². The van der Waals surface area contributed by atoms with Crippen molar-refractivity contribution >= 4 is 17.5 Å². The summed E-state index contributed by atoms with van der Waals surface area (Å²) in [5.74, 6) is 0.707. The van der Waals surface area contributed by atoms with Gasteiger partial charge in [-0.1, -0.05) is 23.7 Å². The third-order valence-electron chi connectivity index (χ3n) is 4.95. The maximum Gasteiger partial charge on any atom is 0.226 e. The number of benzene rings is 1. The van der Waals surface area contributed by atoms with Gasteiger partial charge in [0.05, 0.1) is 18.2 Å². The summed E-state index contributed by atoms with van der Waals surface area (Å²) in [5.41, 5.74) is 0.912. The molecule has 0 aromatic heterocycles. The van der Waals surface area contributed by atoms with Gasteiger partial charge in [-0.2, -0.15) is 0 Å². The first kappa shape index (κ1) is 14.9. The standard InChI is InChI=1S/C17H22ClNO2/c1-11-17(2,3)21-8-7-19(11)16(20)15-10-14(15)12-5-4-6-13(18)9-12/h4-6,9,11,14-15H,7-8,10H2,1-3H3/t11?,14-,15+/m0/s1. The molecule has 1 heterocycles. The molecule has 3 rings (SSSR count). The van der Waals surface area contributed by atoms with Crippen LogP contribution in [0.4, 0.5) is 0 Å². The van der Waals surface area contributed by atoms with Gasteiger partial charge in [0.2, 0.25) is 5.91 Å². The molecule has 0 N–H and O–H groups in total. The van der Waals surface area contributed by atoms with Crippen molar-refractivity contribution in [3.05, 3.63) is 34.9 Å². The molecule has 1 saturated heterocycles. The zero-order valence-corrected chi connectivity index (χ0v) is 13.6. The zero-order chi connectivity index (χ0) is 15.2. The Morgan fingerprint density at radius 3 is 2.90 bits per heavy atom. The summed E-state index contributed by atoms with van der Waals surface area (Å²) in [6, 6.07) is 7.98. The lowest BCUT2D eigenvalue weighted by Gasteiger charge is -2.44. The summed E-state index contributed by atoms with van der Waals surface area (Å²) < 4.78 is 5.77. The number of hydrogen-bond acceptors (Lipinski definition) is 2. The van der Waals surface area contributed by atoms with Gasteiger partial charge in [0.15, 0.2) is 0 Å². The second-order valence-electron chi connectivity index (χ2n) is 6.66. The van der Waals surface area contributed by atoms with Crippen LogP contribution in [-0.4, -0.2) is 35.6 Å². The first-order valence-corrected chi connectivity index (χ1v) is 7.98. The molecule has 1 unspecified atom stereocenters. The summed E-state index contributed by atoms with van der Waals surface area (Å²) in [6.45, 7) is 7.50. The summed E-state index contributed by atoms with van der Waals surface area (Å²) in [5, 5.41) is 0.742. The summed E-state index contributed by atoms with van der Waals surface area (Å²) in [6.07, 6.45) is 0.934. The molecule has 1 aliphatic carbocycles. The molecule has 0 radical (unpaired) electrons. The van der Waals surface area contributed by atoms with E-state index in [0.717, 1.165) is 11.4 Å². The lowest BCUT2D eigenvalue weighted by Crippen LogP contribution is -2.57. The Bertz CT molecular complexity index is 557. The van der Waals surface area contributed by atoms with Gasteiger partial charge in [-0.25, -0.2) is 0 Å². The van der Waals surface area contributed by atoms with Crippen molar-refractivity contribution in [1.82, 2.24) is 4.90 Å². The van der Waals surface area contributed by atoms with Crippen molar-refractivity contribution in [2.24, 2.45) is 5.92 Å². The maximum absolute atomic E-state index is 12.8. The molecule has 0 spiro atoms. The van der Waals surface area contributed by atoms with Crippen LogP contribution in [0.5, 0.6) is 0 Å².